The summed E-state index contributed by atoms with van der Waals surface area (Å²) in [6.07, 6.45) is -1.86. The van der Waals surface area contributed by atoms with Crippen LogP contribution in [0.1, 0.15) is 32.3 Å². The first kappa shape index (κ1) is 18.8. The molecule has 1 N–H and O–H groups in total. The molecule has 0 fully saturated rings. The molecular formula is C21H23NO5. The maximum Gasteiger partial charge on any atom is 0.351 e. The number of hydrogen-bond donors (Lipinski definition) is 1. The average Bonchev–Trinajstić information content (AvgIpc) is 2.67. The van der Waals surface area contributed by atoms with E-state index in [0.29, 0.717) is 23.1 Å². The zero-order valence-corrected chi connectivity index (χ0v) is 15.6. The molecule has 1 amide bonds. The molecule has 0 spiro atoms. The molecular weight excluding hydrogens is 346 g/mol. The fourth-order valence-electron chi connectivity index (χ4n) is 2.63. The number of hydrogen-bond acceptors (Lipinski definition) is 5. The van der Waals surface area contributed by atoms with Crippen molar-refractivity contribution in [1.29, 1.82) is 0 Å². The van der Waals surface area contributed by atoms with E-state index in [-0.39, 0.29) is 6.61 Å². The van der Waals surface area contributed by atoms with Gasteiger partial charge in [0.05, 0.1) is 0 Å². The summed E-state index contributed by atoms with van der Waals surface area (Å²) in [6.45, 7) is 5.77. The monoisotopic (exact) mass is 369 g/mol. The zero-order valence-electron chi connectivity index (χ0n) is 15.6. The third-order valence-electron chi connectivity index (χ3n) is 4.28. The first-order valence-corrected chi connectivity index (χ1v) is 8.94. The number of fused-ring (bicyclic) bond motifs is 1. The molecule has 2 aromatic carbocycles. The molecule has 0 aromatic heterocycles. The van der Waals surface area contributed by atoms with Crippen LogP contribution in [0.5, 0.6) is 11.5 Å². The van der Waals surface area contributed by atoms with Gasteiger partial charge in [0.15, 0.2) is 17.6 Å². The van der Waals surface area contributed by atoms with Crippen LogP contribution in [-0.4, -0.2) is 30.7 Å². The molecule has 142 valence electrons. The van der Waals surface area contributed by atoms with Crippen LogP contribution in [0.25, 0.3) is 0 Å². The molecule has 0 saturated heterocycles. The Morgan fingerprint density at radius 1 is 1.04 bits per heavy atom. The van der Waals surface area contributed by atoms with Gasteiger partial charge in [-0.15, -0.1) is 0 Å². The van der Waals surface area contributed by atoms with Crippen LogP contribution in [0.2, 0.25) is 0 Å². The lowest BCUT2D eigenvalue weighted by molar-refractivity contribution is -0.162. The normalized spacial score (nSPS) is 16.5. The second-order valence-corrected chi connectivity index (χ2v) is 6.71. The predicted molar refractivity (Wildman–Crippen MR) is 101 cm³/mol. The van der Waals surface area contributed by atoms with E-state index in [1.54, 1.807) is 18.2 Å². The first-order valence-electron chi connectivity index (χ1n) is 8.94. The van der Waals surface area contributed by atoms with Crippen LogP contribution in [0.4, 0.5) is 5.69 Å². The number of anilines is 1. The van der Waals surface area contributed by atoms with Gasteiger partial charge in [-0.05, 0) is 42.7 Å². The summed E-state index contributed by atoms with van der Waals surface area (Å²) in [4.78, 5) is 24.6. The highest BCUT2D eigenvalue weighted by molar-refractivity contribution is 5.95. The standard InChI is InChI=1S/C21H23NO5/c1-13(2)15-8-10-16(11-9-15)22-20(23)14(3)26-21(24)19-12-25-17-6-4-5-7-18(17)27-19/h4-11,13-14,19H,12H2,1-3H3,(H,22,23)/t14-,19+/m1/s1. The molecule has 3 rings (SSSR count). The number of carbonyl (C=O) groups excluding carboxylic acids is 2. The molecule has 0 saturated carbocycles. The van der Waals surface area contributed by atoms with Crippen LogP contribution in [0.15, 0.2) is 48.5 Å². The van der Waals surface area contributed by atoms with Crippen molar-refractivity contribution in [2.45, 2.75) is 38.9 Å². The molecule has 1 heterocycles. The number of ether oxygens (including phenoxy) is 3. The molecule has 6 heteroatoms. The lowest BCUT2D eigenvalue weighted by Crippen LogP contribution is -2.41. The highest BCUT2D eigenvalue weighted by atomic mass is 16.6. The quantitative estimate of drug-likeness (QED) is 0.817. The second-order valence-electron chi connectivity index (χ2n) is 6.71. The van der Waals surface area contributed by atoms with Crippen molar-refractivity contribution in [3.8, 4) is 11.5 Å². The second kappa shape index (κ2) is 8.12. The largest absolute Gasteiger partial charge is 0.485 e. The van der Waals surface area contributed by atoms with E-state index in [2.05, 4.69) is 19.2 Å². The lowest BCUT2D eigenvalue weighted by Gasteiger charge is -2.25. The van der Waals surface area contributed by atoms with Gasteiger partial charge in [-0.1, -0.05) is 38.1 Å². The summed E-state index contributed by atoms with van der Waals surface area (Å²) < 4.78 is 16.3. The minimum Gasteiger partial charge on any atom is -0.485 e. The summed E-state index contributed by atoms with van der Waals surface area (Å²) in [5, 5.41) is 2.74. The van der Waals surface area contributed by atoms with Gasteiger partial charge < -0.3 is 19.5 Å². The van der Waals surface area contributed by atoms with Gasteiger partial charge in [-0.25, -0.2) is 4.79 Å². The summed E-state index contributed by atoms with van der Waals surface area (Å²) in [5.74, 6) is 0.433. The minimum absolute atomic E-state index is 0.0425. The van der Waals surface area contributed by atoms with Crippen LogP contribution >= 0.6 is 0 Å². The topological polar surface area (TPSA) is 73.9 Å². The molecule has 27 heavy (non-hydrogen) atoms. The van der Waals surface area contributed by atoms with Crippen molar-refractivity contribution >= 4 is 17.6 Å². The fourth-order valence-corrected chi connectivity index (χ4v) is 2.63. The number of rotatable bonds is 5. The number of esters is 1. The smallest absolute Gasteiger partial charge is 0.351 e. The van der Waals surface area contributed by atoms with Crippen molar-refractivity contribution in [1.82, 2.24) is 0 Å². The van der Waals surface area contributed by atoms with Gasteiger partial charge in [0, 0.05) is 5.69 Å². The highest BCUT2D eigenvalue weighted by Gasteiger charge is 2.31. The van der Waals surface area contributed by atoms with E-state index in [4.69, 9.17) is 14.2 Å². The summed E-state index contributed by atoms with van der Waals surface area (Å²) in [5.41, 5.74) is 1.83. The average molecular weight is 369 g/mol. The maximum absolute atomic E-state index is 12.3. The van der Waals surface area contributed by atoms with Gasteiger partial charge >= 0.3 is 5.97 Å². The van der Waals surface area contributed by atoms with Crippen molar-refractivity contribution in [2.75, 3.05) is 11.9 Å². The summed E-state index contributed by atoms with van der Waals surface area (Å²) in [7, 11) is 0. The first-order chi connectivity index (χ1) is 12.9. The molecule has 6 nitrogen and oxygen atoms in total. The number of carbonyl (C=O) groups is 2. The van der Waals surface area contributed by atoms with E-state index in [9.17, 15) is 9.59 Å². The summed E-state index contributed by atoms with van der Waals surface area (Å²) >= 11 is 0. The van der Waals surface area contributed by atoms with E-state index in [0.717, 1.165) is 0 Å². The Morgan fingerprint density at radius 3 is 2.37 bits per heavy atom. The van der Waals surface area contributed by atoms with Crippen LogP contribution in [-0.2, 0) is 14.3 Å². The van der Waals surface area contributed by atoms with Crippen molar-refractivity contribution in [3.63, 3.8) is 0 Å². The molecule has 1 aliphatic heterocycles. The Kier molecular flexibility index (Phi) is 5.64. The highest BCUT2D eigenvalue weighted by Crippen LogP contribution is 2.31. The number of amides is 1. The van der Waals surface area contributed by atoms with E-state index >= 15 is 0 Å². The molecule has 0 radical (unpaired) electrons. The molecule has 2 aromatic rings. The van der Waals surface area contributed by atoms with Gasteiger partial charge in [0.1, 0.15) is 6.61 Å². The maximum atomic E-state index is 12.3. The van der Waals surface area contributed by atoms with Crippen molar-refractivity contribution in [2.24, 2.45) is 0 Å². The molecule has 0 aliphatic carbocycles. The van der Waals surface area contributed by atoms with Crippen LogP contribution in [0, 0.1) is 0 Å². The fraction of sp³-hybridized carbons (Fsp3) is 0.333. The molecule has 0 unspecified atom stereocenters. The predicted octanol–water partition coefficient (Wildman–Crippen LogP) is 3.52. The van der Waals surface area contributed by atoms with Gasteiger partial charge in [0.2, 0.25) is 6.10 Å². The summed E-state index contributed by atoms with van der Waals surface area (Å²) in [6, 6.07) is 14.7. The Balaban J connectivity index is 1.54. The number of nitrogens with one attached hydrogen (secondary N) is 1. The van der Waals surface area contributed by atoms with Crippen LogP contribution < -0.4 is 14.8 Å². The Labute approximate surface area is 158 Å². The number of para-hydroxylation sites is 2. The molecule has 1 aliphatic rings. The Hall–Kier alpha value is -3.02. The number of benzene rings is 2. The van der Waals surface area contributed by atoms with E-state index in [1.807, 2.05) is 30.3 Å². The van der Waals surface area contributed by atoms with Crippen molar-refractivity contribution < 1.29 is 23.8 Å². The van der Waals surface area contributed by atoms with Gasteiger partial charge in [-0.3, -0.25) is 4.79 Å². The lowest BCUT2D eigenvalue weighted by atomic mass is 10.0. The van der Waals surface area contributed by atoms with E-state index in [1.165, 1.54) is 12.5 Å². The zero-order chi connectivity index (χ0) is 19.4. The Morgan fingerprint density at radius 2 is 1.70 bits per heavy atom. The van der Waals surface area contributed by atoms with E-state index < -0.39 is 24.1 Å². The third kappa shape index (κ3) is 4.58. The Bertz CT molecular complexity index is 816. The van der Waals surface area contributed by atoms with Crippen LogP contribution in [0.3, 0.4) is 0 Å². The van der Waals surface area contributed by atoms with Gasteiger partial charge in [-0.2, -0.15) is 0 Å². The minimum atomic E-state index is -0.956. The molecule has 0 bridgehead atoms. The third-order valence-corrected chi connectivity index (χ3v) is 4.28. The van der Waals surface area contributed by atoms with Crippen molar-refractivity contribution in [3.05, 3.63) is 54.1 Å². The van der Waals surface area contributed by atoms with Gasteiger partial charge in [0.25, 0.3) is 5.91 Å². The molecule has 2 atom stereocenters. The SMILES string of the molecule is CC(C)c1ccc(NC(=O)[C@@H](C)OC(=O)[C@@H]2COc3ccccc3O2)cc1.